The largest absolute Gasteiger partial charge is 0.496 e. The standard InChI is InChI=1S/C16H18ClN3O4S/c1-10-7-15(20(19-10)12-5-6-25(22,23)9-12)18-16(21)13-4-3-11(17)8-14(13)24-2/h3-4,7-8,12H,5-6,9H2,1-2H3,(H,18,21). The lowest BCUT2D eigenvalue weighted by Crippen LogP contribution is -2.20. The highest BCUT2D eigenvalue weighted by molar-refractivity contribution is 7.91. The number of carbonyl (C=O) groups is 1. The highest BCUT2D eigenvalue weighted by Crippen LogP contribution is 2.28. The van der Waals surface area contributed by atoms with Gasteiger partial charge in [-0.15, -0.1) is 0 Å². The lowest BCUT2D eigenvalue weighted by atomic mass is 10.2. The number of rotatable bonds is 4. The van der Waals surface area contributed by atoms with Crippen molar-refractivity contribution < 1.29 is 17.9 Å². The fraction of sp³-hybridized carbons (Fsp3) is 0.375. The Morgan fingerprint density at radius 2 is 2.16 bits per heavy atom. The molecular weight excluding hydrogens is 366 g/mol. The van der Waals surface area contributed by atoms with Crippen LogP contribution in [0.2, 0.25) is 5.02 Å². The normalized spacial score (nSPS) is 18.9. The summed E-state index contributed by atoms with van der Waals surface area (Å²) in [7, 11) is -1.60. The Hall–Kier alpha value is -2.06. The van der Waals surface area contributed by atoms with Crippen molar-refractivity contribution >= 4 is 33.2 Å². The number of sulfone groups is 1. The number of aromatic nitrogens is 2. The number of amides is 1. The average molecular weight is 384 g/mol. The third kappa shape index (κ3) is 3.80. The lowest BCUT2D eigenvalue weighted by molar-refractivity contribution is 0.102. The van der Waals surface area contributed by atoms with Gasteiger partial charge in [-0.1, -0.05) is 11.6 Å². The molecule has 0 bridgehead atoms. The highest BCUT2D eigenvalue weighted by Gasteiger charge is 2.31. The minimum atomic E-state index is -3.06. The molecule has 2 aromatic rings. The predicted octanol–water partition coefficient (Wildman–Crippen LogP) is 2.47. The van der Waals surface area contributed by atoms with Gasteiger partial charge in [-0.05, 0) is 31.5 Å². The minimum Gasteiger partial charge on any atom is -0.496 e. The van der Waals surface area contributed by atoms with Gasteiger partial charge in [0.05, 0.1) is 35.9 Å². The molecule has 0 aliphatic carbocycles. The summed E-state index contributed by atoms with van der Waals surface area (Å²) in [5.41, 5.74) is 1.03. The zero-order valence-corrected chi connectivity index (χ0v) is 15.4. The molecule has 7 nitrogen and oxygen atoms in total. The van der Waals surface area contributed by atoms with E-state index in [-0.39, 0.29) is 23.5 Å². The zero-order valence-electron chi connectivity index (χ0n) is 13.8. The van der Waals surface area contributed by atoms with Crippen LogP contribution in [0, 0.1) is 6.92 Å². The average Bonchev–Trinajstić information content (AvgIpc) is 3.08. The van der Waals surface area contributed by atoms with E-state index in [4.69, 9.17) is 16.3 Å². The third-order valence-corrected chi connectivity index (χ3v) is 6.05. The Kier molecular flexibility index (Phi) is 4.75. The Bertz CT molecular complexity index is 923. The summed E-state index contributed by atoms with van der Waals surface area (Å²) in [6, 6.07) is 6.17. The van der Waals surface area contributed by atoms with Crippen molar-refractivity contribution in [3.05, 3.63) is 40.5 Å². The van der Waals surface area contributed by atoms with Crippen LogP contribution in [0.1, 0.15) is 28.5 Å². The van der Waals surface area contributed by atoms with Crippen LogP contribution in [0.5, 0.6) is 5.75 Å². The van der Waals surface area contributed by atoms with E-state index in [0.717, 1.165) is 0 Å². The van der Waals surface area contributed by atoms with Crippen LogP contribution in [0.25, 0.3) is 0 Å². The Morgan fingerprint density at radius 1 is 1.40 bits per heavy atom. The van der Waals surface area contributed by atoms with Gasteiger partial charge >= 0.3 is 0 Å². The molecule has 1 unspecified atom stereocenters. The van der Waals surface area contributed by atoms with Crippen molar-refractivity contribution in [1.29, 1.82) is 0 Å². The second kappa shape index (κ2) is 6.68. The number of hydrogen-bond donors (Lipinski definition) is 1. The molecule has 1 aromatic heterocycles. The minimum absolute atomic E-state index is 0.0290. The molecule has 1 aliphatic rings. The second-order valence-corrected chi connectivity index (χ2v) is 8.64. The molecule has 1 aromatic carbocycles. The van der Waals surface area contributed by atoms with E-state index in [1.807, 2.05) is 0 Å². The van der Waals surface area contributed by atoms with Gasteiger partial charge in [-0.3, -0.25) is 4.79 Å². The molecule has 2 heterocycles. The molecule has 1 aliphatic heterocycles. The van der Waals surface area contributed by atoms with Gasteiger partial charge in [0.15, 0.2) is 9.84 Å². The number of ether oxygens (including phenoxy) is 1. The molecule has 9 heteroatoms. The summed E-state index contributed by atoms with van der Waals surface area (Å²) in [6.45, 7) is 1.79. The molecule has 1 atom stereocenters. The van der Waals surface area contributed by atoms with Gasteiger partial charge in [-0.2, -0.15) is 5.10 Å². The summed E-state index contributed by atoms with van der Waals surface area (Å²) in [6.07, 6.45) is 0.483. The fourth-order valence-electron chi connectivity index (χ4n) is 2.89. The summed E-state index contributed by atoms with van der Waals surface area (Å²) in [4.78, 5) is 12.6. The molecule has 0 saturated carbocycles. The second-order valence-electron chi connectivity index (χ2n) is 5.97. The van der Waals surface area contributed by atoms with Crippen LogP contribution in [0.3, 0.4) is 0 Å². The quantitative estimate of drug-likeness (QED) is 0.875. The Morgan fingerprint density at radius 3 is 2.80 bits per heavy atom. The summed E-state index contributed by atoms with van der Waals surface area (Å²) in [5.74, 6) is 0.601. The lowest BCUT2D eigenvalue weighted by Gasteiger charge is -2.14. The molecule has 0 radical (unpaired) electrons. The van der Waals surface area contributed by atoms with Crippen molar-refractivity contribution in [2.24, 2.45) is 0 Å². The van der Waals surface area contributed by atoms with Gasteiger partial charge in [0, 0.05) is 11.1 Å². The number of methoxy groups -OCH3 is 1. The first-order valence-corrected chi connectivity index (χ1v) is 9.90. The van der Waals surface area contributed by atoms with Crippen molar-refractivity contribution in [3.8, 4) is 5.75 Å². The number of anilines is 1. The van der Waals surface area contributed by atoms with E-state index in [1.165, 1.54) is 7.11 Å². The van der Waals surface area contributed by atoms with Crippen molar-refractivity contribution in [2.45, 2.75) is 19.4 Å². The Labute approximate surface area is 150 Å². The van der Waals surface area contributed by atoms with E-state index in [1.54, 1.807) is 35.9 Å². The van der Waals surface area contributed by atoms with Gasteiger partial charge in [-0.25, -0.2) is 13.1 Å². The molecule has 1 N–H and O–H groups in total. The van der Waals surface area contributed by atoms with E-state index in [0.29, 0.717) is 34.3 Å². The fourth-order valence-corrected chi connectivity index (χ4v) is 4.75. The van der Waals surface area contributed by atoms with Crippen LogP contribution < -0.4 is 10.1 Å². The molecular formula is C16H18ClN3O4S. The molecule has 1 saturated heterocycles. The monoisotopic (exact) mass is 383 g/mol. The summed E-state index contributed by atoms with van der Waals surface area (Å²) >= 11 is 5.92. The SMILES string of the molecule is COc1cc(Cl)ccc1C(=O)Nc1cc(C)nn1C1CCS(=O)(=O)C1. The van der Waals surface area contributed by atoms with E-state index in [2.05, 4.69) is 10.4 Å². The molecule has 1 amide bonds. The van der Waals surface area contributed by atoms with E-state index < -0.39 is 9.84 Å². The van der Waals surface area contributed by atoms with Crippen LogP contribution in [0.15, 0.2) is 24.3 Å². The first kappa shape index (κ1) is 17.8. The third-order valence-electron chi connectivity index (χ3n) is 4.06. The number of benzene rings is 1. The number of nitrogens with zero attached hydrogens (tertiary/aromatic N) is 2. The van der Waals surface area contributed by atoms with Crippen LogP contribution >= 0.6 is 11.6 Å². The predicted molar refractivity (Wildman–Crippen MR) is 95.2 cm³/mol. The first-order valence-electron chi connectivity index (χ1n) is 7.70. The summed E-state index contributed by atoms with van der Waals surface area (Å²) < 4.78 is 30.3. The van der Waals surface area contributed by atoms with Gasteiger partial charge < -0.3 is 10.1 Å². The molecule has 134 valence electrons. The first-order chi connectivity index (χ1) is 11.8. The molecule has 25 heavy (non-hydrogen) atoms. The topological polar surface area (TPSA) is 90.3 Å². The Balaban J connectivity index is 1.88. The maximum Gasteiger partial charge on any atom is 0.260 e. The van der Waals surface area contributed by atoms with Crippen LogP contribution in [-0.2, 0) is 9.84 Å². The maximum absolute atomic E-state index is 12.6. The molecule has 1 fully saturated rings. The molecule has 0 spiro atoms. The van der Waals surface area contributed by atoms with Crippen molar-refractivity contribution in [1.82, 2.24) is 9.78 Å². The number of nitrogens with one attached hydrogen (secondary N) is 1. The number of hydrogen-bond acceptors (Lipinski definition) is 5. The number of aryl methyl sites for hydroxylation is 1. The summed E-state index contributed by atoms with van der Waals surface area (Å²) in [5, 5.41) is 7.60. The van der Waals surface area contributed by atoms with Crippen molar-refractivity contribution in [2.75, 3.05) is 23.9 Å². The smallest absolute Gasteiger partial charge is 0.260 e. The van der Waals surface area contributed by atoms with Crippen LogP contribution in [-0.4, -0.2) is 42.7 Å². The zero-order chi connectivity index (χ0) is 18.2. The van der Waals surface area contributed by atoms with Crippen LogP contribution in [0.4, 0.5) is 5.82 Å². The van der Waals surface area contributed by atoms with Gasteiger partial charge in [0.2, 0.25) is 0 Å². The van der Waals surface area contributed by atoms with E-state index >= 15 is 0 Å². The van der Waals surface area contributed by atoms with Gasteiger partial charge in [0.1, 0.15) is 11.6 Å². The van der Waals surface area contributed by atoms with Crippen molar-refractivity contribution in [3.63, 3.8) is 0 Å². The number of carbonyl (C=O) groups excluding carboxylic acids is 1. The van der Waals surface area contributed by atoms with Gasteiger partial charge in [0.25, 0.3) is 5.91 Å². The maximum atomic E-state index is 12.6. The highest BCUT2D eigenvalue weighted by atomic mass is 35.5. The molecule has 3 rings (SSSR count). The number of halogens is 1. The van der Waals surface area contributed by atoms with E-state index in [9.17, 15) is 13.2 Å².